The predicted octanol–water partition coefficient (Wildman–Crippen LogP) is 3.79. The smallest absolute Gasteiger partial charge is 0.410 e. The van der Waals surface area contributed by atoms with Crippen LogP contribution in [0.2, 0.25) is 0 Å². The van der Waals surface area contributed by atoms with Crippen LogP contribution in [0.3, 0.4) is 0 Å². The summed E-state index contributed by atoms with van der Waals surface area (Å²) in [5.74, 6) is 0.467. The predicted molar refractivity (Wildman–Crippen MR) is 127 cm³/mol. The third-order valence-corrected chi connectivity index (χ3v) is 5.66. The molecule has 0 N–H and O–H groups in total. The molecule has 1 saturated heterocycles. The van der Waals surface area contributed by atoms with Crippen molar-refractivity contribution in [2.24, 2.45) is 0 Å². The van der Waals surface area contributed by atoms with Crippen molar-refractivity contribution in [3.8, 4) is 0 Å². The molecule has 0 aliphatic carbocycles. The summed E-state index contributed by atoms with van der Waals surface area (Å²) in [6.07, 6.45) is -0.289. The number of pyridine rings is 1. The van der Waals surface area contributed by atoms with Crippen LogP contribution in [0.5, 0.6) is 0 Å². The lowest BCUT2D eigenvalue weighted by Gasteiger charge is -2.36. The first-order valence-electron chi connectivity index (χ1n) is 11.5. The topological polar surface area (TPSA) is 86.1 Å². The van der Waals surface area contributed by atoms with Gasteiger partial charge in [-0.25, -0.2) is 14.6 Å². The van der Waals surface area contributed by atoms with Gasteiger partial charge in [0.2, 0.25) is 0 Å². The van der Waals surface area contributed by atoms with Crippen molar-refractivity contribution in [1.29, 1.82) is 0 Å². The van der Waals surface area contributed by atoms with E-state index in [1.165, 1.54) is 0 Å². The molecule has 0 aromatic carbocycles. The van der Waals surface area contributed by atoms with E-state index in [9.17, 15) is 9.59 Å². The van der Waals surface area contributed by atoms with E-state index in [1.54, 1.807) is 18.9 Å². The van der Waals surface area contributed by atoms with Crippen molar-refractivity contribution in [3.05, 3.63) is 23.4 Å². The first-order chi connectivity index (χ1) is 15.6. The fourth-order valence-electron chi connectivity index (χ4n) is 4.23. The van der Waals surface area contributed by atoms with Gasteiger partial charge in [-0.2, -0.15) is 0 Å². The van der Waals surface area contributed by atoms with Gasteiger partial charge in [0, 0.05) is 44.4 Å². The van der Waals surface area contributed by atoms with Gasteiger partial charge in [-0.15, -0.1) is 0 Å². The SMILES string of the molecule is CCOC(=O)c1c(C)n(C(C)COC)c2nc(N3CCN(C(=O)OC(C)(C)C)CC3)ccc12. The lowest BCUT2D eigenvalue weighted by Crippen LogP contribution is -2.50. The van der Waals surface area contributed by atoms with Gasteiger partial charge in [0.05, 0.1) is 24.8 Å². The van der Waals surface area contributed by atoms with Gasteiger partial charge >= 0.3 is 12.1 Å². The second kappa shape index (κ2) is 9.99. The molecular weight excluding hydrogens is 424 g/mol. The zero-order chi connectivity index (χ0) is 24.3. The highest BCUT2D eigenvalue weighted by molar-refractivity contribution is 6.05. The summed E-state index contributed by atoms with van der Waals surface area (Å²) in [6, 6.07) is 3.86. The van der Waals surface area contributed by atoms with E-state index in [0.29, 0.717) is 45.0 Å². The van der Waals surface area contributed by atoms with Gasteiger partial charge in [-0.05, 0) is 53.7 Å². The Hall–Kier alpha value is -2.81. The third-order valence-electron chi connectivity index (χ3n) is 5.66. The minimum atomic E-state index is -0.514. The van der Waals surface area contributed by atoms with Gasteiger partial charge in [0.25, 0.3) is 0 Å². The molecular formula is C24H36N4O5. The molecule has 3 heterocycles. The molecule has 1 atom stereocenters. The first kappa shape index (κ1) is 24.8. The van der Waals surface area contributed by atoms with Crippen molar-refractivity contribution < 1.29 is 23.8 Å². The lowest BCUT2D eigenvalue weighted by atomic mass is 10.1. The number of amides is 1. The largest absolute Gasteiger partial charge is 0.462 e. The molecule has 2 aromatic heterocycles. The van der Waals surface area contributed by atoms with Crippen LogP contribution in [0.4, 0.5) is 10.6 Å². The Morgan fingerprint density at radius 1 is 1.15 bits per heavy atom. The summed E-state index contributed by atoms with van der Waals surface area (Å²) in [5, 5.41) is 0.769. The van der Waals surface area contributed by atoms with E-state index in [1.807, 2.05) is 51.3 Å². The molecule has 1 fully saturated rings. The molecule has 1 amide bonds. The number of hydrogen-bond donors (Lipinski definition) is 0. The number of carbonyl (C=O) groups is 2. The van der Waals surface area contributed by atoms with E-state index in [4.69, 9.17) is 19.2 Å². The number of anilines is 1. The Labute approximate surface area is 195 Å². The summed E-state index contributed by atoms with van der Waals surface area (Å²) in [6.45, 7) is 14.6. The zero-order valence-corrected chi connectivity index (χ0v) is 20.8. The van der Waals surface area contributed by atoms with E-state index < -0.39 is 5.60 Å². The molecule has 182 valence electrons. The molecule has 0 radical (unpaired) electrons. The molecule has 1 unspecified atom stereocenters. The van der Waals surface area contributed by atoms with Gasteiger partial charge in [0.15, 0.2) is 0 Å². The van der Waals surface area contributed by atoms with Gasteiger partial charge in [0.1, 0.15) is 17.1 Å². The Balaban J connectivity index is 1.89. The van der Waals surface area contributed by atoms with Gasteiger partial charge in [-0.1, -0.05) is 0 Å². The maximum atomic E-state index is 12.7. The van der Waals surface area contributed by atoms with Crippen LogP contribution in [-0.2, 0) is 14.2 Å². The molecule has 0 saturated carbocycles. The van der Waals surface area contributed by atoms with Crippen LogP contribution >= 0.6 is 0 Å². The van der Waals surface area contributed by atoms with Gasteiger partial charge in [-0.3, -0.25) is 0 Å². The second-order valence-electron chi connectivity index (χ2n) is 9.35. The van der Waals surface area contributed by atoms with Crippen LogP contribution in [0, 0.1) is 6.92 Å². The van der Waals surface area contributed by atoms with Crippen LogP contribution in [0.1, 0.15) is 56.7 Å². The van der Waals surface area contributed by atoms with Crippen LogP contribution in [0.25, 0.3) is 11.0 Å². The molecule has 33 heavy (non-hydrogen) atoms. The summed E-state index contributed by atoms with van der Waals surface area (Å²) in [7, 11) is 1.66. The number of methoxy groups -OCH3 is 1. The average Bonchev–Trinajstić information content (AvgIpc) is 3.04. The number of esters is 1. The number of nitrogens with zero attached hydrogens (tertiary/aromatic N) is 4. The molecule has 3 rings (SSSR count). The number of piperazine rings is 1. The van der Waals surface area contributed by atoms with Crippen molar-refractivity contribution in [2.75, 3.05) is 51.4 Å². The third kappa shape index (κ3) is 5.40. The molecule has 0 spiro atoms. The quantitative estimate of drug-likeness (QED) is 0.606. The van der Waals surface area contributed by atoms with Crippen LogP contribution in [-0.4, -0.2) is 78.6 Å². The second-order valence-corrected chi connectivity index (χ2v) is 9.35. The molecule has 1 aliphatic rings. The number of aromatic nitrogens is 2. The fraction of sp³-hybridized carbons (Fsp3) is 0.625. The summed E-state index contributed by atoms with van der Waals surface area (Å²) < 4.78 is 18.2. The van der Waals surface area contributed by atoms with Crippen LogP contribution < -0.4 is 4.90 Å². The Morgan fingerprint density at radius 3 is 2.39 bits per heavy atom. The average molecular weight is 461 g/mol. The van der Waals surface area contributed by atoms with E-state index >= 15 is 0 Å². The normalized spacial score (nSPS) is 15.6. The minimum absolute atomic E-state index is 0.00700. The summed E-state index contributed by atoms with van der Waals surface area (Å²) in [4.78, 5) is 33.9. The highest BCUT2D eigenvalue weighted by Crippen LogP contribution is 2.31. The van der Waals surface area contributed by atoms with Crippen molar-refractivity contribution in [3.63, 3.8) is 0 Å². The number of ether oxygens (including phenoxy) is 3. The number of fused-ring (bicyclic) bond motifs is 1. The van der Waals surface area contributed by atoms with E-state index in [-0.39, 0.29) is 18.1 Å². The number of hydrogen-bond acceptors (Lipinski definition) is 7. The molecule has 9 nitrogen and oxygen atoms in total. The monoisotopic (exact) mass is 460 g/mol. The van der Waals surface area contributed by atoms with E-state index in [2.05, 4.69) is 4.90 Å². The maximum absolute atomic E-state index is 12.7. The fourth-order valence-corrected chi connectivity index (χ4v) is 4.23. The minimum Gasteiger partial charge on any atom is -0.462 e. The summed E-state index contributed by atoms with van der Waals surface area (Å²) in [5.41, 5.74) is 1.57. The van der Waals surface area contributed by atoms with E-state index in [0.717, 1.165) is 22.5 Å². The van der Waals surface area contributed by atoms with Gasteiger partial charge < -0.3 is 28.6 Å². The maximum Gasteiger partial charge on any atom is 0.410 e. The lowest BCUT2D eigenvalue weighted by molar-refractivity contribution is 0.0240. The highest BCUT2D eigenvalue weighted by Gasteiger charge is 2.28. The standard InChI is InChI=1S/C24H36N4O5/c1-8-32-22(29)20-17(3)28(16(2)15-31-7)21-18(20)9-10-19(25-21)26-11-13-27(14-12-26)23(30)33-24(4,5)6/h9-10,16H,8,11-15H2,1-7H3. The highest BCUT2D eigenvalue weighted by atomic mass is 16.6. The molecule has 9 heteroatoms. The molecule has 1 aliphatic heterocycles. The summed E-state index contributed by atoms with van der Waals surface area (Å²) >= 11 is 0. The number of carbonyl (C=O) groups excluding carboxylic acids is 2. The number of rotatable bonds is 6. The van der Waals surface area contributed by atoms with Crippen molar-refractivity contribution in [1.82, 2.24) is 14.5 Å². The van der Waals surface area contributed by atoms with Crippen molar-refractivity contribution in [2.45, 2.75) is 53.2 Å². The van der Waals surface area contributed by atoms with Crippen LogP contribution in [0.15, 0.2) is 12.1 Å². The van der Waals surface area contributed by atoms with Crippen molar-refractivity contribution >= 4 is 28.9 Å². The molecule has 0 bridgehead atoms. The molecule has 2 aromatic rings. The Kier molecular flexibility index (Phi) is 7.51. The zero-order valence-electron chi connectivity index (χ0n) is 20.8. The first-order valence-corrected chi connectivity index (χ1v) is 11.5. The Morgan fingerprint density at radius 2 is 1.82 bits per heavy atom. The Bertz CT molecular complexity index is 1000.